The Morgan fingerprint density at radius 3 is 2.04 bits per heavy atom. The molecule has 0 spiro atoms. The SMILES string of the molecule is O=C(O)C(Cc1ccc(OCCc2ccccc2)cc1)Oc1ccccc1. The molecule has 0 radical (unpaired) electrons. The minimum absolute atomic E-state index is 0.286. The second kappa shape index (κ2) is 9.43. The van der Waals surface area contributed by atoms with Crippen LogP contribution in [0.25, 0.3) is 0 Å². The van der Waals surface area contributed by atoms with Gasteiger partial charge in [0.2, 0.25) is 0 Å². The van der Waals surface area contributed by atoms with Gasteiger partial charge in [-0.25, -0.2) is 4.79 Å². The Labute approximate surface area is 159 Å². The number of benzene rings is 3. The van der Waals surface area contributed by atoms with Crippen LogP contribution in [0.15, 0.2) is 84.9 Å². The molecule has 0 aliphatic heterocycles. The smallest absolute Gasteiger partial charge is 0.345 e. The number of para-hydroxylation sites is 1. The predicted molar refractivity (Wildman–Crippen MR) is 104 cm³/mol. The van der Waals surface area contributed by atoms with Crippen molar-refractivity contribution < 1.29 is 19.4 Å². The first-order valence-corrected chi connectivity index (χ1v) is 8.91. The lowest BCUT2D eigenvalue weighted by molar-refractivity contribution is -0.145. The average Bonchev–Trinajstić information content (AvgIpc) is 2.70. The van der Waals surface area contributed by atoms with Gasteiger partial charge in [-0.3, -0.25) is 0 Å². The lowest BCUT2D eigenvalue weighted by Crippen LogP contribution is -2.29. The van der Waals surface area contributed by atoms with E-state index in [1.54, 1.807) is 12.1 Å². The zero-order valence-corrected chi connectivity index (χ0v) is 15.0. The second-order valence-corrected chi connectivity index (χ2v) is 6.19. The Morgan fingerprint density at radius 2 is 1.41 bits per heavy atom. The summed E-state index contributed by atoms with van der Waals surface area (Å²) in [6.45, 7) is 0.595. The van der Waals surface area contributed by atoms with Crippen molar-refractivity contribution in [1.82, 2.24) is 0 Å². The van der Waals surface area contributed by atoms with Crippen LogP contribution in [0.2, 0.25) is 0 Å². The van der Waals surface area contributed by atoms with Crippen molar-refractivity contribution >= 4 is 5.97 Å². The Kier molecular flexibility index (Phi) is 6.47. The molecule has 4 heteroatoms. The van der Waals surface area contributed by atoms with Gasteiger partial charge in [0.15, 0.2) is 6.10 Å². The summed E-state index contributed by atoms with van der Waals surface area (Å²) in [6.07, 6.45) is 0.195. The molecule has 3 aromatic rings. The quantitative estimate of drug-likeness (QED) is 0.614. The summed E-state index contributed by atoms with van der Waals surface area (Å²) < 4.78 is 11.4. The largest absolute Gasteiger partial charge is 0.493 e. The van der Waals surface area contributed by atoms with E-state index in [-0.39, 0.29) is 6.42 Å². The molecule has 0 aromatic heterocycles. The molecule has 1 unspecified atom stereocenters. The fourth-order valence-electron chi connectivity index (χ4n) is 2.71. The molecule has 3 aromatic carbocycles. The fourth-order valence-corrected chi connectivity index (χ4v) is 2.71. The third-order valence-corrected chi connectivity index (χ3v) is 4.14. The lowest BCUT2D eigenvalue weighted by Gasteiger charge is -2.15. The molecule has 0 amide bonds. The van der Waals surface area contributed by atoms with Crippen molar-refractivity contribution in [2.75, 3.05) is 6.61 Å². The molecule has 0 heterocycles. The van der Waals surface area contributed by atoms with Crippen molar-refractivity contribution in [3.63, 3.8) is 0 Å². The van der Waals surface area contributed by atoms with Crippen LogP contribution in [0.4, 0.5) is 0 Å². The Balaban J connectivity index is 1.53. The van der Waals surface area contributed by atoms with Gasteiger partial charge in [0, 0.05) is 12.8 Å². The zero-order chi connectivity index (χ0) is 18.9. The molecule has 0 aliphatic rings. The van der Waals surface area contributed by atoms with Gasteiger partial charge < -0.3 is 14.6 Å². The highest BCUT2D eigenvalue weighted by atomic mass is 16.5. The zero-order valence-electron chi connectivity index (χ0n) is 15.0. The number of hydrogen-bond donors (Lipinski definition) is 1. The average molecular weight is 362 g/mol. The van der Waals surface area contributed by atoms with Crippen LogP contribution in [-0.4, -0.2) is 23.8 Å². The van der Waals surface area contributed by atoms with Gasteiger partial charge in [-0.05, 0) is 35.4 Å². The molecular formula is C23H22O4. The number of ether oxygens (including phenoxy) is 2. The number of carbonyl (C=O) groups is 1. The summed E-state index contributed by atoms with van der Waals surface area (Å²) in [5.74, 6) is 0.332. The molecule has 138 valence electrons. The maximum atomic E-state index is 11.5. The highest BCUT2D eigenvalue weighted by Gasteiger charge is 2.20. The normalized spacial score (nSPS) is 11.6. The number of carboxylic acid groups (broad SMARTS) is 1. The van der Waals surface area contributed by atoms with E-state index in [4.69, 9.17) is 9.47 Å². The standard InChI is InChI=1S/C23H22O4/c24-23(25)22(27-21-9-5-2-6-10-21)17-19-11-13-20(14-12-19)26-16-15-18-7-3-1-4-8-18/h1-14,22H,15-17H2,(H,24,25). The van der Waals surface area contributed by atoms with Crippen molar-refractivity contribution in [3.05, 3.63) is 96.1 Å². The van der Waals surface area contributed by atoms with Crippen molar-refractivity contribution in [2.45, 2.75) is 18.9 Å². The van der Waals surface area contributed by atoms with E-state index in [0.717, 1.165) is 17.7 Å². The summed E-state index contributed by atoms with van der Waals surface area (Å²) in [5, 5.41) is 9.43. The van der Waals surface area contributed by atoms with E-state index in [9.17, 15) is 9.90 Å². The van der Waals surface area contributed by atoms with Crippen LogP contribution in [-0.2, 0) is 17.6 Å². The monoisotopic (exact) mass is 362 g/mol. The second-order valence-electron chi connectivity index (χ2n) is 6.19. The van der Waals surface area contributed by atoms with Gasteiger partial charge in [-0.2, -0.15) is 0 Å². The van der Waals surface area contributed by atoms with Crippen LogP contribution >= 0.6 is 0 Å². The van der Waals surface area contributed by atoms with E-state index in [1.165, 1.54) is 5.56 Å². The Bertz CT molecular complexity index is 829. The Hall–Kier alpha value is -3.27. The van der Waals surface area contributed by atoms with Crippen molar-refractivity contribution in [1.29, 1.82) is 0 Å². The summed E-state index contributed by atoms with van der Waals surface area (Å²) in [4.78, 5) is 11.5. The van der Waals surface area contributed by atoms with E-state index >= 15 is 0 Å². The first kappa shape index (κ1) is 18.5. The summed E-state index contributed by atoms with van der Waals surface area (Å²) >= 11 is 0. The van der Waals surface area contributed by atoms with Gasteiger partial charge in [0.1, 0.15) is 11.5 Å². The molecule has 1 atom stereocenters. The van der Waals surface area contributed by atoms with Crippen molar-refractivity contribution in [3.8, 4) is 11.5 Å². The number of hydrogen-bond acceptors (Lipinski definition) is 3. The molecular weight excluding hydrogens is 340 g/mol. The molecule has 3 rings (SSSR count). The summed E-state index contributed by atoms with van der Waals surface area (Å²) in [7, 11) is 0. The highest BCUT2D eigenvalue weighted by Crippen LogP contribution is 2.17. The van der Waals surface area contributed by atoms with Gasteiger partial charge >= 0.3 is 5.97 Å². The maximum Gasteiger partial charge on any atom is 0.345 e. The van der Waals surface area contributed by atoms with Crippen LogP contribution < -0.4 is 9.47 Å². The highest BCUT2D eigenvalue weighted by molar-refractivity contribution is 5.73. The molecule has 4 nitrogen and oxygen atoms in total. The van der Waals surface area contributed by atoms with Crippen molar-refractivity contribution in [2.24, 2.45) is 0 Å². The first-order chi connectivity index (χ1) is 13.2. The van der Waals surface area contributed by atoms with Crippen LogP contribution in [0, 0.1) is 0 Å². The molecule has 0 bridgehead atoms. The topological polar surface area (TPSA) is 55.8 Å². The number of carboxylic acids is 1. The van der Waals surface area contributed by atoms with E-state index in [2.05, 4.69) is 12.1 Å². The number of aliphatic carboxylic acids is 1. The number of rotatable bonds is 9. The molecule has 27 heavy (non-hydrogen) atoms. The maximum absolute atomic E-state index is 11.5. The van der Waals surface area contributed by atoms with Gasteiger partial charge in [-0.15, -0.1) is 0 Å². The van der Waals surface area contributed by atoms with E-state index in [0.29, 0.717) is 12.4 Å². The summed E-state index contributed by atoms with van der Waals surface area (Å²) in [6, 6.07) is 26.6. The fraction of sp³-hybridized carbons (Fsp3) is 0.174. The molecule has 1 N–H and O–H groups in total. The minimum Gasteiger partial charge on any atom is -0.493 e. The van der Waals surface area contributed by atoms with E-state index in [1.807, 2.05) is 60.7 Å². The molecule has 0 fully saturated rings. The third kappa shape index (κ3) is 5.89. The van der Waals surface area contributed by atoms with Gasteiger partial charge in [-0.1, -0.05) is 60.7 Å². The lowest BCUT2D eigenvalue weighted by atomic mass is 10.1. The van der Waals surface area contributed by atoms with Crippen LogP contribution in [0.3, 0.4) is 0 Å². The minimum atomic E-state index is -0.984. The molecule has 0 aliphatic carbocycles. The molecule has 0 saturated heterocycles. The molecule has 0 saturated carbocycles. The van der Waals surface area contributed by atoms with E-state index < -0.39 is 12.1 Å². The van der Waals surface area contributed by atoms with Gasteiger partial charge in [0.25, 0.3) is 0 Å². The summed E-state index contributed by atoms with van der Waals surface area (Å²) in [5.41, 5.74) is 2.12. The first-order valence-electron chi connectivity index (χ1n) is 8.91. The van der Waals surface area contributed by atoms with Gasteiger partial charge in [0.05, 0.1) is 6.61 Å². The van der Waals surface area contributed by atoms with Crippen LogP contribution in [0.5, 0.6) is 11.5 Å². The Morgan fingerprint density at radius 1 is 0.778 bits per heavy atom. The predicted octanol–water partition coefficient (Wildman–Crippen LogP) is 4.38. The van der Waals surface area contributed by atoms with Crippen LogP contribution in [0.1, 0.15) is 11.1 Å². The third-order valence-electron chi connectivity index (χ3n) is 4.14.